The number of hydrogen-bond donors (Lipinski definition) is 1. The molecule has 0 aliphatic rings. The highest BCUT2D eigenvalue weighted by molar-refractivity contribution is 14.1. The number of carboxylic acid groups (broad SMARTS) is 1. The van der Waals surface area contributed by atoms with Crippen LogP contribution in [0.4, 0.5) is 0 Å². The topological polar surface area (TPSA) is 59.7 Å². The van der Waals surface area contributed by atoms with Crippen LogP contribution in [0.3, 0.4) is 0 Å². The Labute approximate surface area is 105 Å². The number of carboxylic acids is 1. The quantitative estimate of drug-likeness (QED) is 0.859. The lowest BCUT2D eigenvalue weighted by Crippen LogP contribution is -1.95. The first-order valence-corrected chi connectivity index (χ1v) is 5.63. The van der Waals surface area contributed by atoms with E-state index in [2.05, 4.69) is 22.6 Å². The Kier molecular flexibility index (Phi) is 2.79. The summed E-state index contributed by atoms with van der Waals surface area (Å²) in [4.78, 5) is 10.9. The summed E-state index contributed by atoms with van der Waals surface area (Å²) in [5, 5.41) is 9.69. The molecule has 1 aromatic heterocycles. The minimum absolute atomic E-state index is 0.0321. The molecule has 1 heterocycles. The summed E-state index contributed by atoms with van der Waals surface area (Å²) in [6.45, 7) is 1.72. The predicted octanol–water partition coefficient (Wildman–Crippen LogP) is 3.05. The second-order valence-corrected chi connectivity index (χ2v) is 4.48. The lowest BCUT2D eigenvalue weighted by atomic mass is 10.1. The van der Waals surface area contributed by atoms with Gasteiger partial charge in [-0.2, -0.15) is 0 Å². The summed E-state index contributed by atoms with van der Waals surface area (Å²) in [6, 6.07) is 3.58. The number of rotatable bonds is 2. The maximum atomic E-state index is 10.9. The molecule has 0 amide bonds. The van der Waals surface area contributed by atoms with Crippen molar-refractivity contribution in [1.82, 2.24) is 0 Å². The largest absolute Gasteiger partial charge is 0.495 e. The summed E-state index contributed by atoms with van der Waals surface area (Å²) in [5.41, 5.74) is 1.13. The highest BCUT2D eigenvalue weighted by atomic mass is 127. The monoisotopic (exact) mass is 332 g/mol. The van der Waals surface area contributed by atoms with E-state index in [-0.39, 0.29) is 5.76 Å². The molecular weight excluding hydrogens is 323 g/mol. The van der Waals surface area contributed by atoms with Crippen molar-refractivity contribution < 1.29 is 19.1 Å². The zero-order valence-electron chi connectivity index (χ0n) is 8.70. The molecule has 1 N–H and O–H groups in total. The fourth-order valence-corrected chi connectivity index (χ4v) is 2.35. The molecule has 0 saturated heterocycles. The minimum atomic E-state index is -1.06. The van der Waals surface area contributed by atoms with Gasteiger partial charge >= 0.3 is 5.97 Å². The highest BCUT2D eigenvalue weighted by Crippen LogP contribution is 2.36. The van der Waals surface area contributed by atoms with Crippen molar-refractivity contribution in [3.8, 4) is 5.75 Å². The van der Waals surface area contributed by atoms with Crippen LogP contribution in [0, 0.1) is 10.5 Å². The van der Waals surface area contributed by atoms with E-state index in [1.165, 1.54) is 0 Å². The van der Waals surface area contributed by atoms with Crippen molar-refractivity contribution >= 4 is 39.5 Å². The van der Waals surface area contributed by atoms with Gasteiger partial charge in [0.25, 0.3) is 0 Å². The molecule has 2 rings (SSSR count). The van der Waals surface area contributed by atoms with Crippen LogP contribution in [-0.2, 0) is 0 Å². The van der Waals surface area contributed by atoms with Gasteiger partial charge in [0.15, 0.2) is 0 Å². The number of fused-ring (bicyclic) bond motifs is 1. The number of hydrogen-bond acceptors (Lipinski definition) is 3. The Bertz CT molecular complexity index is 571. The Morgan fingerprint density at radius 3 is 2.75 bits per heavy atom. The molecule has 1 aromatic carbocycles. The van der Waals surface area contributed by atoms with Crippen molar-refractivity contribution in [2.45, 2.75) is 6.92 Å². The van der Waals surface area contributed by atoms with E-state index in [0.29, 0.717) is 16.9 Å². The van der Waals surface area contributed by atoms with Crippen LogP contribution < -0.4 is 4.74 Å². The number of ether oxygens (including phenoxy) is 1. The van der Waals surface area contributed by atoms with Crippen LogP contribution in [0.5, 0.6) is 5.75 Å². The normalized spacial score (nSPS) is 10.7. The van der Waals surface area contributed by atoms with Crippen molar-refractivity contribution in [1.29, 1.82) is 0 Å². The van der Waals surface area contributed by atoms with Crippen molar-refractivity contribution in [3.63, 3.8) is 0 Å². The van der Waals surface area contributed by atoms with Crippen LogP contribution in [0.2, 0.25) is 0 Å². The van der Waals surface area contributed by atoms with E-state index in [0.717, 1.165) is 8.96 Å². The number of aromatic carboxylic acids is 1. The summed E-state index contributed by atoms with van der Waals surface area (Å²) >= 11 is 2.14. The Hall–Kier alpha value is -1.24. The van der Waals surface area contributed by atoms with Gasteiger partial charge in [-0.25, -0.2) is 4.79 Å². The molecule has 5 heteroatoms. The SMILES string of the molecule is COc1c(I)ccc2oc(C(=O)O)c(C)c12. The third-order valence-electron chi connectivity index (χ3n) is 2.40. The lowest BCUT2D eigenvalue weighted by Gasteiger charge is -2.04. The maximum absolute atomic E-state index is 10.9. The van der Waals surface area contributed by atoms with Crippen LogP contribution >= 0.6 is 22.6 Å². The zero-order valence-corrected chi connectivity index (χ0v) is 10.9. The molecule has 0 spiro atoms. The van der Waals surface area contributed by atoms with Gasteiger partial charge in [-0.15, -0.1) is 0 Å². The van der Waals surface area contributed by atoms with E-state index in [4.69, 9.17) is 14.3 Å². The molecular formula is C11H9IO4. The van der Waals surface area contributed by atoms with Gasteiger partial charge in [-0.05, 0) is 41.6 Å². The van der Waals surface area contributed by atoms with Gasteiger partial charge in [0, 0.05) is 5.56 Å². The smallest absolute Gasteiger partial charge is 0.372 e. The number of benzene rings is 1. The van der Waals surface area contributed by atoms with E-state index in [9.17, 15) is 4.79 Å². The van der Waals surface area contributed by atoms with Gasteiger partial charge in [-0.3, -0.25) is 0 Å². The number of methoxy groups -OCH3 is 1. The standard InChI is InChI=1S/C11H9IO4/c1-5-8-7(16-9(5)11(13)14)4-3-6(12)10(8)15-2/h3-4H,1-2H3,(H,13,14). The van der Waals surface area contributed by atoms with Gasteiger partial charge in [-0.1, -0.05) is 0 Å². The third-order valence-corrected chi connectivity index (χ3v) is 3.25. The lowest BCUT2D eigenvalue weighted by molar-refractivity contribution is 0.0664. The third kappa shape index (κ3) is 1.55. The van der Waals surface area contributed by atoms with Crippen LogP contribution in [0.1, 0.15) is 16.1 Å². The molecule has 2 aromatic rings. The summed E-state index contributed by atoms with van der Waals surface area (Å²) in [6.07, 6.45) is 0. The molecule has 4 nitrogen and oxygen atoms in total. The highest BCUT2D eigenvalue weighted by Gasteiger charge is 2.20. The van der Waals surface area contributed by atoms with Gasteiger partial charge in [0.05, 0.1) is 16.1 Å². The molecule has 0 radical (unpaired) electrons. The summed E-state index contributed by atoms with van der Waals surface area (Å²) in [7, 11) is 1.56. The zero-order chi connectivity index (χ0) is 11.9. The summed E-state index contributed by atoms with van der Waals surface area (Å²) in [5.74, 6) is -0.437. The molecule has 0 aliphatic carbocycles. The Balaban J connectivity index is 2.87. The van der Waals surface area contributed by atoms with Crippen LogP contribution in [-0.4, -0.2) is 18.2 Å². The second-order valence-electron chi connectivity index (χ2n) is 3.32. The first-order valence-electron chi connectivity index (χ1n) is 4.55. The molecule has 84 valence electrons. The molecule has 0 atom stereocenters. The average molecular weight is 332 g/mol. The van der Waals surface area contributed by atoms with Crippen LogP contribution in [0.25, 0.3) is 11.0 Å². The van der Waals surface area contributed by atoms with Crippen LogP contribution in [0.15, 0.2) is 16.5 Å². The number of halogens is 1. The molecule has 0 fully saturated rings. The molecule has 16 heavy (non-hydrogen) atoms. The van der Waals surface area contributed by atoms with Gasteiger partial charge in [0.1, 0.15) is 11.3 Å². The average Bonchev–Trinajstić information content (AvgIpc) is 2.57. The molecule has 0 unspecified atom stereocenters. The number of furan rings is 1. The fraction of sp³-hybridized carbons (Fsp3) is 0.182. The maximum Gasteiger partial charge on any atom is 0.372 e. The van der Waals surface area contributed by atoms with Gasteiger partial charge < -0.3 is 14.3 Å². The fourth-order valence-electron chi connectivity index (χ4n) is 1.68. The Morgan fingerprint density at radius 1 is 1.50 bits per heavy atom. The van der Waals surface area contributed by atoms with E-state index in [1.807, 2.05) is 6.07 Å². The van der Waals surface area contributed by atoms with E-state index < -0.39 is 5.97 Å². The second kappa shape index (κ2) is 3.97. The van der Waals surface area contributed by atoms with Crippen molar-refractivity contribution in [2.24, 2.45) is 0 Å². The molecule has 0 bridgehead atoms. The molecule has 0 saturated carbocycles. The van der Waals surface area contributed by atoms with Gasteiger partial charge in [0.2, 0.25) is 5.76 Å². The molecule has 0 aliphatic heterocycles. The number of carbonyl (C=O) groups is 1. The Morgan fingerprint density at radius 2 is 2.19 bits per heavy atom. The first kappa shape index (κ1) is 11.3. The first-order chi connectivity index (χ1) is 7.56. The van der Waals surface area contributed by atoms with Crippen molar-refractivity contribution in [3.05, 3.63) is 27.0 Å². The van der Waals surface area contributed by atoms with E-state index >= 15 is 0 Å². The van der Waals surface area contributed by atoms with Crippen molar-refractivity contribution in [2.75, 3.05) is 7.11 Å². The number of aryl methyl sites for hydroxylation is 1. The predicted molar refractivity (Wildman–Crippen MR) is 67.2 cm³/mol. The minimum Gasteiger partial charge on any atom is -0.495 e. The van der Waals surface area contributed by atoms with E-state index in [1.54, 1.807) is 20.1 Å². The summed E-state index contributed by atoms with van der Waals surface area (Å²) < 4.78 is 11.5.